The molecule has 2 aromatic rings. The fraction of sp³-hybridized carbons (Fsp3) is 0.484. The zero-order chi connectivity index (χ0) is 26.5. The molecule has 0 amide bonds. The highest BCUT2D eigenvalue weighted by atomic mass is 35.5. The number of hydrogen-bond acceptors (Lipinski definition) is 3. The average molecular weight is 511 g/mol. The molecule has 1 atom stereocenters. The van der Waals surface area contributed by atoms with Crippen molar-refractivity contribution in [3.05, 3.63) is 81.8 Å². The minimum absolute atomic E-state index is 0.430. The number of rotatable bonds is 5. The molecular weight excluding hydrogens is 466 g/mol. The fourth-order valence-corrected chi connectivity index (χ4v) is 4.93. The second kappa shape index (κ2) is 15.6. The van der Waals surface area contributed by atoms with Crippen molar-refractivity contribution in [3.8, 4) is 0 Å². The number of hydrogen-bond donors (Lipinski definition) is 1. The fourth-order valence-electron chi connectivity index (χ4n) is 4.73. The van der Waals surface area contributed by atoms with Crippen LogP contribution in [0.1, 0.15) is 83.2 Å². The van der Waals surface area contributed by atoms with E-state index < -0.39 is 0 Å². The van der Waals surface area contributed by atoms with Crippen LogP contribution in [0.3, 0.4) is 0 Å². The summed E-state index contributed by atoms with van der Waals surface area (Å²) in [7, 11) is 0. The van der Waals surface area contributed by atoms with E-state index in [-0.39, 0.29) is 0 Å². The van der Waals surface area contributed by atoms with Gasteiger partial charge in [0.15, 0.2) is 6.21 Å². The first-order valence-electron chi connectivity index (χ1n) is 13.7. The summed E-state index contributed by atoms with van der Waals surface area (Å²) in [6, 6.07) is 10.6. The molecule has 36 heavy (non-hydrogen) atoms. The molecule has 4 nitrogen and oxygen atoms in total. The minimum Gasteiger partial charge on any atom is -0.303 e. The highest BCUT2D eigenvalue weighted by Gasteiger charge is 2.25. The SMILES string of the molecule is C/C=[N+](O)\C=C/C(C)CCN1CCC(=C2c3ccc(Cl)cc3CCc3cccnc32)CC1.CC.CC. The summed E-state index contributed by atoms with van der Waals surface area (Å²) in [6.07, 6.45) is 12.6. The van der Waals surface area contributed by atoms with Crippen molar-refractivity contribution in [2.24, 2.45) is 5.92 Å². The Kier molecular flexibility index (Phi) is 12.9. The highest BCUT2D eigenvalue weighted by Crippen LogP contribution is 2.38. The van der Waals surface area contributed by atoms with Gasteiger partial charge in [-0.15, -0.1) is 0 Å². The molecule has 0 spiro atoms. The topological polar surface area (TPSA) is 39.4 Å². The van der Waals surface area contributed by atoms with Gasteiger partial charge in [0.1, 0.15) is 0 Å². The lowest BCUT2D eigenvalue weighted by Gasteiger charge is -2.30. The van der Waals surface area contributed by atoms with E-state index in [4.69, 9.17) is 16.6 Å². The highest BCUT2D eigenvalue weighted by molar-refractivity contribution is 6.30. The summed E-state index contributed by atoms with van der Waals surface area (Å²) in [5.74, 6) is 0.430. The second-order valence-electron chi connectivity index (χ2n) is 8.88. The molecule has 1 aliphatic carbocycles. The second-order valence-corrected chi connectivity index (χ2v) is 9.31. The van der Waals surface area contributed by atoms with E-state index in [1.165, 1.54) is 27.8 Å². The Hall–Kier alpha value is -2.43. The maximum absolute atomic E-state index is 9.51. The van der Waals surface area contributed by atoms with Gasteiger partial charge in [-0.1, -0.05) is 63.9 Å². The molecule has 1 aliphatic heterocycles. The summed E-state index contributed by atoms with van der Waals surface area (Å²) in [5, 5.41) is 10.3. The third kappa shape index (κ3) is 8.04. The Balaban J connectivity index is 0.00000109. The van der Waals surface area contributed by atoms with Crippen LogP contribution >= 0.6 is 11.6 Å². The lowest BCUT2D eigenvalue weighted by Crippen LogP contribution is -2.32. The van der Waals surface area contributed by atoms with Gasteiger partial charge in [-0.05, 0) is 90.3 Å². The van der Waals surface area contributed by atoms with Crippen molar-refractivity contribution in [1.82, 2.24) is 9.88 Å². The molecule has 1 aromatic heterocycles. The number of aromatic nitrogens is 1. The molecular formula is C31H45ClN3O+. The van der Waals surface area contributed by atoms with Gasteiger partial charge in [0.2, 0.25) is 6.20 Å². The number of likely N-dealkylation sites (tertiary alicyclic amines) is 1. The molecule has 0 radical (unpaired) electrons. The zero-order valence-electron chi connectivity index (χ0n) is 23.1. The van der Waals surface area contributed by atoms with Crippen LogP contribution in [0.25, 0.3) is 5.57 Å². The van der Waals surface area contributed by atoms with E-state index in [0.29, 0.717) is 5.92 Å². The predicted octanol–water partition coefficient (Wildman–Crippen LogP) is 7.82. The summed E-state index contributed by atoms with van der Waals surface area (Å²) in [6.45, 7) is 15.2. The predicted molar refractivity (Wildman–Crippen MR) is 154 cm³/mol. The molecule has 1 saturated heterocycles. The van der Waals surface area contributed by atoms with Crippen molar-refractivity contribution in [3.63, 3.8) is 0 Å². The normalized spacial score (nSPS) is 16.7. The molecule has 1 aromatic carbocycles. The van der Waals surface area contributed by atoms with Crippen molar-refractivity contribution in [1.29, 1.82) is 0 Å². The third-order valence-electron chi connectivity index (χ3n) is 6.67. The van der Waals surface area contributed by atoms with Crippen LogP contribution in [0.4, 0.5) is 0 Å². The zero-order valence-corrected chi connectivity index (χ0v) is 23.9. The van der Waals surface area contributed by atoms with Crippen LogP contribution in [0, 0.1) is 5.92 Å². The van der Waals surface area contributed by atoms with Gasteiger partial charge in [0.25, 0.3) is 0 Å². The maximum atomic E-state index is 9.51. The minimum atomic E-state index is 0.430. The number of nitrogens with zero attached hydrogens (tertiary/aromatic N) is 3. The molecule has 196 valence electrons. The Morgan fingerprint density at radius 1 is 1.06 bits per heavy atom. The van der Waals surface area contributed by atoms with Crippen LogP contribution < -0.4 is 0 Å². The van der Waals surface area contributed by atoms with Crippen LogP contribution in [0.15, 0.2) is 54.4 Å². The van der Waals surface area contributed by atoms with E-state index in [1.54, 1.807) is 12.4 Å². The first-order valence-corrected chi connectivity index (χ1v) is 14.1. The van der Waals surface area contributed by atoms with E-state index >= 15 is 0 Å². The monoisotopic (exact) mass is 510 g/mol. The van der Waals surface area contributed by atoms with Crippen molar-refractivity contribution >= 4 is 23.4 Å². The van der Waals surface area contributed by atoms with Gasteiger partial charge < -0.3 is 4.90 Å². The number of pyridine rings is 1. The van der Waals surface area contributed by atoms with E-state index in [9.17, 15) is 5.21 Å². The summed E-state index contributed by atoms with van der Waals surface area (Å²) >= 11 is 6.34. The van der Waals surface area contributed by atoms with Gasteiger partial charge in [-0.25, -0.2) is 0 Å². The van der Waals surface area contributed by atoms with Gasteiger partial charge in [0, 0.05) is 36.8 Å². The molecule has 0 bridgehead atoms. The number of fused-ring (bicyclic) bond motifs is 2. The third-order valence-corrected chi connectivity index (χ3v) is 6.91. The smallest absolute Gasteiger partial charge is 0.218 e. The molecule has 1 N–H and O–H groups in total. The van der Waals surface area contributed by atoms with Gasteiger partial charge >= 0.3 is 0 Å². The van der Waals surface area contributed by atoms with E-state index in [1.807, 2.05) is 46.9 Å². The molecule has 2 aliphatic rings. The van der Waals surface area contributed by atoms with Crippen LogP contribution in [0.2, 0.25) is 5.02 Å². The number of hydroxylamine groups is 1. The largest absolute Gasteiger partial charge is 0.303 e. The number of aryl methyl sites for hydroxylation is 2. The number of halogens is 1. The molecule has 1 unspecified atom stereocenters. The van der Waals surface area contributed by atoms with Gasteiger partial charge in [-0.2, -0.15) is 0 Å². The van der Waals surface area contributed by atoms with Crippen LogP contribution in [-0.2, 0) is 12.8 Å². The van der Waals surface area contributed by atoms with Crippen molar-refractivity contribution < 1.29 is 9.95 Å². The molecule has 0 saturated carbocycles. The lowest BCUT2D eigenvalue weighted by molar-refractivity contribution is -0.722. The Morgan fingerprint density at radius 2 is 1.75 bits per heavy atom. The summed E-state index contributed by atoms with van der Waals surface area (Å²) in [5.41, 5.74) is 8.02. The van der Waals surface area contributed by atoms with Crippen LogP contribution in [0.5, 0.6) is 0 Å². The number of piperidine rings is 1. The maximum Gasteiger partial charge on any atom is 0.218 e. The molecule has 5 heteroatoms. The van der Waals surface area contributed by atoms with E-state index in [0.717, 1.165) is 67.2 Å². The summed E-state index contributed by atoms with van der Waals surface area (Å²) in [4.78, 5) is 7.40. The van der Waals surface area contributed by atoms with Gasteiger partial charge in [-0.3, -0.25) is 10.2 Å². The van der Waals surface area contributed by atoms with E-state index in [2.05, 4.69) is 42.2 Å². The standard InChI is InChI=1S/C27H33ClN3O.2C2H6/c1-3-31(32)18-11-20(2)10-15-30-16-12-21(13-17-30)26-25-9-8-24(28)19-23(25)7-6-22-5-4-14-29-27(22)26;2*1-2/h3-5,8-9,11,14,18-20,32H,6-7,10,12-13,15-17H2,1-2H3;2*1-2H3/q+1;;/b18-11-,31-3+;;. The quantitative estimate of drug-likeness (QED) is 0.193. The summed E-state index contributed by atoms with van der Waals surface area (Å²) < 4.78 is 1.11. The lowest BCUT2D eigenvalue weighted by atomic mass is 9.88. The molecule has 2 heterocycles. The Bertz CT molecular complexity index is 1050. The van der Waals surface area contributed by atoms with Gasteiger partial charge in [0.05, 0.1) is 5.69 Å². The Labute approximate surface area is 224 Å². The first kappa shape index (κ1) is 29.8. The average Bonchev–Trinajstić information content (AvgIpc) is 3.09. The number of benzene rings is 1. The van der Waals surface area contributed by atoms with Crippen molar-refractivity contribution in [2.75, 3.05) is 19.6 Å². The van der Waals surface area contributed by atoms with Crippen LogP contribution in [-0.4, -0.2) is 45.7 Å². The number of allylic oxidation sites excluding steroid dienone is 1. The van der Waals surface area contributed by atoms with Crippen molar-refractivity contribution in [2.45, 2.75) is 73.6 Å². The first-order chi connectivity index (χ1) is 17.5. The Morgan fingerprint density at radius 3 is 2.44 bits per heavy atom. The molecule has 1 fully saturated rings. The molecule has 4 rings (SSSR count).